The zero-order chi connectivity index (χ0) is 27.8. The molecule has 6 nitrogen and oxygen atoms in total. The first-order chi connectivity index (χ1) is 18.3. The molecule has 0 atom stereocenters. The molecule has 0 amide bonds. The van der Waals surface area contributed by atoms with E-state index in [1.54, 1.807) is 97.1 Å². The van der Waals surface area contributed by atoms with Gasteiger partial charge < -0.3 is 5.11 Å². The van der Waals surface area contributed by atoms with Crippen molar-refractivity contribution in [1.82, 2.24) is 0 Å². The Morgan fingerprint density at radius 1 is 0.436 bits per heavy atom. The number of hydrogen-bond donors (Lipinski definition) is 0. The second-order valence-corrected chi connectivity index (χ2v) is 7.77. The molecule has 0 radical (unpaired) electrons. The van der Waals surface area contributed by atoms with E-state index in [0.717, 1.165) is 12.8 Å². The van der Waals surface area contributed by atoms with Crippen LogP contribution in [0.3, 0.4) is 0 Å². The Hall–Kier alpha value is -4.13. The molecule has 0 fully saturated rings. The molecule has 0 saturated carbocycles. The predicted octanol–water partition coefficient (Wildman–Crippen LogP) is 5.17. The minimum Gasteiger partial charge on any atom is -0.565 e. The van der Waals surface area contributed by atoms with Crippen molar-refractivity contribution in [2.24, 2.45) is 0 Å². The van der Waals surface area contributed by atoms with Crippen LogP contribution < -0.4 is 0 Å². The Morgan fingerprint density at radius 2 is 0.590 bits per heavy atom. The smallest absolute Gasteiger partial charge is 0.565 e. The maximum absolute atomic E-state index is 11.8. The van der Waals surface area contributed by atoms with Gasteiger partial charge in [-0.1, -0.05) is 24.3 Å². The fourth-order valence-electron chi connectivity index (χ4n) is 2.98. The molecule has 0 aliphatic heterocycles. The summed E-state index contributed by atoms with van der Waals surface area (Å²) >= 11 is 0. The summed E-state index contributed by atoms with van der Waals surface area (Å²) < 4.78 is 0. The van der Waals surface area contributed by atoms with Crippen molar-refractivity contribution in [3.8, 4) is 0 Å². The van der Waals surface area contributed by atoms with E-state index in [1.165, 1.54) is 6.92 Å². The topological polar surface area (TPSA) is 108 Å². The molecule has 4 aromatic rings. The summed E-state index contributed by atoms with van der Waals surface area (Å²) in [6.45, 7) is 1.19. The number of carbonyl (C=O) groups excluding carboxylic acids is 5. The Balaban J connectivity index is 0.000000336. The van der Waals surface area contributed by atoms with Gasteiger partial charge in [0.15, 0.2) is 0 Å². The van der Waals surface area contributed by atoms with Crippen LogP contribution in [-0.2, 0) is 37.5 Å². The summed E-state index contributed by atoms with van der Waals surface area (Å²) in [6.07, 6.45) is 2.26. The standard InChI is InChI=1S/2C15H11O2.C2H4O2.Y/c2*16-14(12-7-3-1-4-8-12)11-15(17)13-9-5-2-6-10-13;1-2(3)4;/h2*1-11H;1H3,(H,3,4);/q2*+1;;+3/p+1. The monoisotopic (exact) mass is 596 g/mol. The number of ketones is 4. The van der Waals surface area contributed by atoms with Crippen LogP contribution in [0.1, 0.15) is 48.4 Å². The molecule has 7 heteroatoms. The number of rotatable bonds is 8. The van der Waals surface area contributed by atoms with E-state index < -0.39 is 5.97 Å². The predicted molar refractivity (Wildman–Crippen MR) is 146 cm³/mol. The molecule has 0 aromatic heterocycles. The van der Waals surface area contributed by atoms with E-state index in [1.807, 2.05) is 24.3 Å². The van der Waals surface area contributed by atoms with E-state index in [0.29, 0.717) is 22.3 Å². The molecule has 0 bridgehead atoms. The molecule has 0 spiro atoms. The van der Waals surface area contributed by atoms with Crippen LogP contribution in [0.4, 0.5) is 0 Å². The van der Waals surface area contributed by atoms with Crippen LogP contribution in [0, 0.1) is 12.8 Å². The van der Waals surface area contributed by atoms with Gasteiger partial charge in [-0.15, -0.1) is 0 Å². The summed E-state index contributed by atoms with van der Waals surface area (Å²) in [5, 5.41) is 5.94. The van der Waals surface area contributed by atoms with Gasteiger partial charge in [0, 0.05) is 53.3 Å². The molecule has 0 unspecified atom stereocenters. The van der Waals surface area contributed by atoms with Gasteiger partial charge in [0.05, 0.1) is 6.92 Å². The molecule has 0 aliphatic rings. The van der Waals surface area contributed by atoms with Crippen molar-refractivity contribution < 1.29 is 61.8 Å². The third kappa shape index (κ3) is 12.8. The second kappa shape index (κ2) is 18.2. The Kier molecular flexibility index (Phi) is 15.3. The fraction of sp³-hybridized carbons (Fsp3) is 0.0312. The van der Waals surface area contributed by atoms with Crippen molar-refractivity contribution in [3.05, 3.63) is 156 Å². The Morgan fingerprint density at radius 3 is 0.744 bits per heavy atom. The van der Waals surface area contributed by atoms with Gasteiger partial charge in [0.2, 0.25) is 0 Å². The van der Waals surface area contributed by atoms with Gasteiger partial charge >= 0.3 is 38.7 Å². The summed E-state index contributed by atoms with van der Waals surface area (Å²) in [6, 6.07) is 35.0. The van der Waals surface area contributed by atoms with E-state index in [4.69, 9.17) is 9.90 Å². The minimum atomic E-state index is -0.583. The summed E-state index contributed by atoms with van der Waals surface area (Å²) in [7, 11) is 0. The van der Waals surface area contributed by atoms with Gasteiger partial charge in [-0.3, -0.25) is 19.2 Å². The van der Waals surface area contributed by atoms with Crippen molar-refractivity contribution in [2.75, 3.05) is 0 Å². The van der Waals surface area contributed by atoms with Gasteiger partial charge in [-0.05, 0) is 48.5 Å². The van der Waals surface area contributed by atoms with Crippen LogP contribution in [0.5, 0.6) is 0 Å². The van der Waals surface area contributed by atoms with Crippen molar-refractivity contribution >= 4 is 29.1 Å². The molecule has 0 saturated heterocycles. The van der Waals surface area contributed by atoms with Crippen LogP contribution in [-0.4, -0.2) is 34.2 Å². The quantitative estimate of drug-likeness (QED) is 0.121. The normalized spacial score (nSPS) is 9.05. The number of hydrogen-bond acceptors (Lipinski definition) is 5. The largest absolute Gasteiger partial charge is 3.00 e. The molecule has 0 heterocycles. The third-order valence-electron chi connectivity index (χ3n) is 4.76. The molecule has 39 heavy (non-hydrogen) atoms. The average Bonchev–Trinajstić information content (AvgIpc) is 2.95. The molecule has 2 N–H and O–H groups in total. The molecular formula is C32H27O6Y+6. The first kappa shape index (κ1) is 32.9. The number of carbonyl (C=O) groups is 5. The van der Waals surface area contributed by atoms with Crippen molar-refractivity contribution in [3.63, 3.8) is 0 Å². The summed E-state index contributed by atoms with van der Waals surface area (Å²) in [4.78, 5) is 56.1. The molecule has 188 valence electrons. The Labute approximate surface area is 253 Å². The maximum Gasteiger partial charge on any atom is 3.00 e. The van der Waals surface area contributed by atoms with Gasteiger partial charge in [0.25, 0.3) is 23.1 Å². The number of benzene rings is 4. The van der Waals surface area contributed by atoms with Gasteiger partial charge in [-0.25, -0.2) is 0 Å². The molecule has 0 aliphatic carbocycles. The van der Waals surface area contributed by atoms with Crippen molar-refractivity contribution in [1.29, 1.82) is 0 Å². The van der Waals surface area contributed by atoms with E-state index in [9.17, 15) is 19.2 Å². The molecule has 4 rings (SSSR count). The SMILES string of the molecule is CC(=O)[OH2+].O=C([CH+]C(=O)c1ccccc1)c1ccccc1.O=C([CH+]C(=O)c1ccccc1)c1ccccc1.[Y+3]. The van der Waals surface area contributed by atoms with Gasteiger partial charge in [0.1, 0.15) is 35.1 Å². The zero-order valence-corrected chi connectivity index (χ0v) is 24.2. The van der Waals surface area contributed by atoms with E-state index in [-0.39, 0.29) is 55.8 Å². The minimum absolute atomic E-state index is 0. The first-order valence-electron chi connectivity index (χ1n) is 11.6. The van der Waals surface area contributed by atoms with Crippen molar-refractivity contribution in [2.45, 2.75) is 6.92 Å². The Bertz CT molecular complexity index is 1130. The third-order valence-corrected chi connectivity index (χ3v) is 4.76. The fourth-order valence-corrected chi connectivity index (χ4v) is 2.98. The molecule has 4 aromatic carbocycles. The van der Waals surface area contributed by atoms with Crippen LogP contribution in [0.15, 0.2) is 121 Å². The van der Waals surface area contributed by atoms with E-state index >= 15 is 0 Å². The van der Waals surface area contributed by atoms with E-state index in [2.05, 4.69) is 0 Å². The first-order valence-corrected chi connectivity index (χ1v) is 11.6. The van der Waals surface area contributed by atoms with Crippen LogP contribution >= 0.6 is 0 Å². The zero-order valence-electron chi connectivity index (χ0n) is 21.3. The average molecular weight is 596 g/mol. The summed E-state index contributed by atoms with van der Waals surface area (Å²) in [5.41, 5.74) is 2.10. The van der Waals surface area contributed by atoms with Gasteiger partial charge in [-0.2, -0.15) is 0 Å². The molecular weight excluding hydrogens is 569 g/mol. The number of Topliss-reactive ketones (excluding diaryl/α,β-unsaturated/α-hetero) is 4. The second-order valence-electron chi connectivity index (χ2n) is 7.77. The van der Waals surface area contributed by atoms with Crippen LogP contribution in [0.25, 0.3) is 0 Å². The maximum atomic E-state index is 11.8. The van der Waals surface area contributed by atoms with Crippen LogP contribution in [0.2, 0.25) is 0 Å². The summed E-state index contributed by atoms with van der Waals surface area (Å²) in [5.74, 6) is -1.64.